The summed E-state index contributed by atoms with van der Waals surface area (Å²) in [5.41, 5.74) is 0.907. The Bertz CT molecular complexity index is 653. The molecule has 0 atom stereocenters. The molecule has 0 bridgehead atoms. The lowest BCUT2D eigenvalue weighted by atomic mass is 9.83. The predicted molar refractivity (Wildman–Crippen MR) is 88.8 cm³/mol. The molecule has 0 aromatic heterocycles. The number of benzene rings is 2. The van der Waals surface area contributed by atoms with E-state index in [1.54, 1.807) is 7.11 Å². The van der Waals surface area contributed by atoms with E-state index in [1.807, 2.05) is 62.4 Å². The largest absolute Gasteiger partial charge is 0.496 e. The first kappa shape index (κ1) is 15.6. The molecular formula is C17H18BrNO2. The zero-order valence-electron chi connectivity index (χ0n) is 12.3. The molecule has 0 radical (unpaired) electrons. The van der Waals surface area contributed by atoms with Gasteiger partial charge < -0.3 is 10.1 Å². The SMILES string of the molecule is COc1ccccc1C(C)(C)C(=O)Nc1ccccc1Br. The fourth-order valence-electron chi connectivity index (χ4n) is 2.12. The van der Waals surface area contributed by atoms with Crippen LogP contribution in [0.2, 0.25) is 0 Å². The maximum Gasteiger partial charge on any atom is 0.234 e. The van der Waals surface area contributed by atoms with Crippen molar-refractivity contribution < 1.29 is 9.53 Å². The topological polar surface area (TPSA) is 38.3 Å². The molecule has 2 aromatic rings. The van der Waals surface area contributed by atoms with Crippen molar-refractivity contribution in [1.82, 2.24) is 0 Å². The third-order valence-electron chi connectivity index (χ3n) is 3.47. The smallest absolute Gasteiger partial charge is 0.234 e. The van der Waals surface area contributed by atoms with Crippen LogP contribution in [0.5, 0.6) is 5.75 Å². The van der Waals surface area contributed by atoms with Gasteiger partial charge in [0.05, 0.1) is 18.2 Å². The molecule has 1 amide bonds. The van der Waals surface area contributed by atoms with Crippen LogP contribution in [0.15, 0.2) is 53.0 Å². The summed E-state index contributed by atoms with van der Waals surface area (Å²) in [7, 11) is 1.61. The third-order valence-corrected chi connectivity index (χ3v) is 4.16. The summed E-state index contributed by atoms with van der Waals surface area (Å²) >= 11 is 3.44. The highest BCUT2D eigenvalue weighted by Crippen LogP contribution is 2.33. The Morgan fingerprint density at radius 2 is 1.71 bits per heavy atom. The van der Waals surface area contributed by atoms with Gasteiger partial charge >= 0.3 is 0 Å². The van der Waals surface area contributed by atoms with Gasteiger partial charge in [0.1, 0.15) is 5.75 Å². The normalized spacial score (nSPS) is 11.0. The van der Waals surface area contributed by atoms with Crippen LogP contribution in [-0.2, 0) is 10.2 Å². The number of nitrogens with one attached hydrogen (secondary N) is 1. The molecule has 0 spiro atoms. The molecule has 0 unspecified atom stereocenters. The summed E-state index contributed by atoms with van der Waals surface area (Å²) < 4.78 is 6.22. The number of hydrogen-bond donors (Lipinski definition) is 1. The van der Waals surface area contributed by atoms with Crippen LogP contribution >= 0.6 is 15.9 Å². The molecule has 4 heteroatoms. The average molecular weight is 348 g/mol. The maximum atomic E-state index is 12.7. The van der Waals surface area contributed by atoms with Crippen LogP contribution in [0.4, 0.5) is 5.69 Å². The molecule has 110 valence electrons. The van der Waals surface area contributed by atoms with E-state index in [4.69, 9.17) is 4.74 Å². The van der Waals surface area contributed by atoms with Crippen molar-refractivity contribution in [3.05, 3.63) is 58.6 Å². The summed E-state index contributed by atoms with van der Waals surface area (Å²) in [6.07, 6.45) is 0. The number of carbonyl (C=O) groups is 1. The molecule has 0 aliphatic carbocycles. The van der Waals surface area contributed by atoms with Crippen LogP contribution < -0.4 is 10.1 Å². The van der Waals surface area contributed by atoms with E-state index in [2.05, 4.69) is 21.2 Å². The van der Waals surface area contributed by atoms with Gasteiger partial charge in [-0.05, 0) is 48.0 Å². The molecule has 1 N–H and O–H groups in total. The zero-order chi connectivity index (χ0) is 15.5. The lowest BCUT2D eigenvalue weighted by Gasteiger charge is -2.26. The molecule has 0 saturated carbocycles. The first-order valence-electron chi connectivity index (χ1n) is 6.66. The molecule has 0 fully saturated rings. The van der Waals surface area contributed by atoms with Gasteiger partial charge in [-0.2, -0.15) is 0 Å². The van der Waals surface area contributed by atoms with Crippen LogP contribution in [0, 0.1) is 0 Å². The average Bonchev–Trinajstić information content (AvgIpc) is 2.49. The number of hydrogen-bond acceptors (Lipinski definition) is 2. The lowest BCUT2D eigenvalue weighted by Crippen LogP contribution is -2.35. The van der Waals surface area contributed by atoms with E-state index in [1.165, 1.54) is 0 Å². The Kier molecular flexibility index (Phi) is 4.68. The predicted octanol–water partition coefficient (Wildman–Crippen LogP) is 4.37. The number of ether oxygens (including phenoxy) is 1. The second-order valence-corrected chi connectivity index (χ2v) is 6.11. The van der Waals surface area contributed by atoms with E-state index in [9.17, 15) is 4.79 Å². The second-order valence-electron chi connectivity index (χ2n) is 5.26. The Labute approximate surface area is 133 Å². The quantitative estimate of drug-likeness (QED) is 0.891. The molecule has 0 heterocycles. The summed E-state index contributed by atoms with van der Waals surface area (Å²) in [5, 5.41) is 2.96. The van der Waals surface area contributed by atoms with Gasteiger partial charge in [0.15, 0.2) is 0 Å². The number of carbonyl (C=O) groups excluding carboxylic acids is 1. The van der Waals surface area contributed by atoms with Crippen LogP contribution in [0.25, 0.3) is 0 Å². The number of amides is 1. The van der Waals surface area contributed by atoms with Crippen molar-refractivity contribution in [3.63, 3.8) is 0 Å². The number of rotatable bonds is 4. The fourth-order valence-corrected chi connectivity index (χ4v) is 2.51. The van der Waals surface area contributed by atoms with Crippen molar-refractivity contribution >= 4 is 27.5 Å². The molecule has 2 rings (SSSR count). The highest BCUT2D eigenvalue weighted by atomic mass is 79.9. The van der Waals surface area contributed by atoms with Crippen molar-refractivity contribution in [2.75, 3.05) is 12.4 Å². The van der Waals surface area contributed by atoms with Gasteiger partial charge in [-0.3, -0.25) is 4.79 Å². The van der Waals surface area contributed by atoms with Gasteiger partial charge in [-0.25, -0.2) is 0 Å². The molecular weight excluding hydrogens is 330 g/mol. The van der Waals surface area contributed by atoms with Crippen molar-refractivity contribution in [2.45, 2.75) is 19.3 Å². The zero-order valence-corrected chi connectivity index (χ0v) is 13.9. The van der Waals surface area contributed by atoms with Gasteiger partial charge in [-0.1, -0.05) is 30.3 Å². The van der Waals surface area contributed by atoms with Crippen LogP contribution in [0.1, 0.15) is 19.4 Å². The Morgan fingerprint density at radius 1 is 1.10 bits per heavy atom. The number of para-hydroxylation sites is 2. The minimum atomic E-state index is -0.706. The van der Waals surface area contributed by atoms with Crippen LogP contribution in [-0.4, -0.2) is 13.0 Å². The molecule has 0 aliphatic heterocycles. The van der Waals surface area contributed by atoms with E-state index in [0.29, 0.717) is 5.75 Å². The minimum Gasteiger partial charge on any atom is -0.496 e. The third kappa shape index (κ3) is 3.27. The Balaban J connectivity index is 2.31. The number of anilines is 1. The number of methoxy groups -OCH3 is 1. The fraction of sp³-hybridized carbons (Fsp3) is 0.235. The van der Waals surface area contributed by atoms with Gasteiger partial charge in [-0.15, -0.1) is 0 Å². The summed E-state index contributed by atoms with van der Waals surface area (Å²) in [5.74, 6) is 0.628. The molecule has 2 aromatic carbocycles. The van der Waals surface area contributed by atoms with Crippen molar-refractivity contribution in [2.24, 2.45) is 0 Å². The Morgan fingerprint density at radius 3 is 2.38 bits per heavy atom. The number of halogens is 1. The van der Waals surface area contributed by atoms with Crippen molar-refractivity contribution in [1.29, 1.82) is 0 Å². The lowest BCUT2D eigenvalue weighted by molar-refractivity contribution is -0.120. The summed E-state index contributed by atoms with van der Waals surface area (Å²) in [4.78, 5) is 12.7. The van der Waals surface area contributed by atoms with Gasteiger partial charge in [0, 0.05) is 10.0 Å². The molecule has 3 nitrogen and oxygen atoms in total. The van der Waals surface area contributed by atoms with E-state index in [0.717, 1.165) is 15.7 Å². The van der Waals surface area contributed by atoms with Crippen LogP contribution in [0.3, 0.4) is 0 Å². The summed E-state index contributed by atoms with van der Waals surface area (Å²) in [6, 6.07) is 15.1. The first-order valence-corrected chi connectivity index (χ1v) is 7.45. The minimum absolute atomic E-state index is 0.0844. The van der Waals surface area contributed by atoms with E-state index >= 15 is 0 Å². The first-order chi connectivity index (χ1) is 9.96. The van der Waals surface area contributed by atoms with Gasteiger partial charge in [0.2, 0.25) is 5.91 Å². The van der Waals surface area contributed by atoms with Gasteiger partial charge in [0.25, 0.3) is 0 Å². The second kappa shape index (κ2) is 6.31. The maximum absolute atomic E-state index is 12.7. The molecule has 0 aliphatic rings. The van der Waals surface area contributed by atoms with E-state index in [-0.39, 0.29) is 5.91 Å². The standard InChI is InChI=1S/C17H18BrNO2/c1-17(2,12-8-4-7-11-15(12)21-3)16(20)19-14-10-6-5-9-13(14)18/h4-11H,1-3H3,(H,19,20). The van der Waals surface area contributed by atoms with E-state index < -0.39 is 5.41 Å². The molecule has 0 saturated heterocycles. The highest BCUT2D eigenvalue weighted by molar-refractivity contribution is 9.10. The Hall–Kier alpha value is -1.81. The highest BCUT2D eigenvalue weighted by Gasteiger charge is 2.32. The molecule has 21 heavy (non-hydrogen) atoms. The summed E-state index contributed by atoms with van der Waals surface area (Å²) in [6.45, 7) is 3.77. The monoisotopic (exact) mass is 347 g/mol. The van der Waals surface area contributed by atoms with Crippen molar-refractivity contribution in [3.8, 4) is 5.75 Å².